The third-order valence-corrected chi connectivity index (χ3v) is 10.3. The van der Waals surface area contributed by atoms with Gasteiger partial charge in [-0.15, -0.1) is 0 Å². The first-order valence-corrected chi connectivity index (χ1v) is 20.7. The fourth-order valence-electron chi connectivity index (χ4n) is 6.88. The molecule has 0 saturated carbocycles. The molecule has 0 radical (unpaired) electrons. The number of hydrogen-bond donors (Lipinski definition) is 0. The lowest BCUT2D eigenvalue weighted by Gasteiger charge is -2.20. The average Bonchev–Trinajstić information content (AvgIpc) is 3.04. The predicted molar refractivity (Wildman–Crippen MR) is 199 cm³/mol. The number of hydrogen-bond acceptors (Lipinski definition) is 4. The van der Waals surface area contributed by atoms with Crippen LogP contribution < -0.4 is 0 Å². The van der Waals surface area contributed by atoms with Crippen LogP contribution in [-0.4, -0.2) is 25.2 Å². The summed E-state index contributed by atoms with van der Waals surface area (Å²) in [5.74, 6) is 3.03. The lowest BCUT2D eigenvalue weighted by molar-refractivity contribution is -0.145. The highest BCUT2D eigenvalue weighted by atomic mass is 16.5. The number of esters is 2. The second-order valence-electron chi connectivity index (χ2n) is 14.9. The zero-order valence-corrected chi connectivity index (χ0v) is 32.2. The molecule has 0 aromatic heterocycles. The van der Waals surface area contributed by atoms with Gasteiger partial charge in [-0.2, -0.15) is 0 Å². The zero-order valence-electron chi connectivity index (χ0n) is 32.2. The quantitative estimate of drug-likeness (QED) is 0.0506. The van der Waals surface area contributed by atoms with Crippen LogP contribution >= 0.6 is 0 Å². The molecule has 4 nitrogen and oxygen atoms in total. The van der Waals surface area contributed by atoms with E-state index in [1.807, 2.05) is 0 Å². The summed E-state index contributed by atoms with van der Waals surface area (Å²) in [7, 11) is 0. The van der Waals surface area contributed by atoms with Crippen molar-refractivity contribution in [1.29, 1.82) is 0 Å². The van der Waals surface area contributed by atoms with E-state index < -0.39 is 0 Å². The van der Waals surface area contributed by atoms with Crippen molar-refractivity contribution < 1.29 is 19.1 Å². The second kappa shape index (κ2) is 33.8. The number of ether oxygens (including phenoxy) is 2. The molecule has 46 heavy (non-hydrogen) atoms. The molecule has 4 heteroatoms. The molecule has 0 N–H and O–H groups in total. The van der Waals surface area contributed by atoms with Gasteiger partial charge in [0.1, 0.15) is 0 Å². The topological polar surface area (TPSA) is 52.6 Å². The van der Waals surface area contributed by atoms with Crippen molar-refractivity contribution in [2.45, 2.75) is 221 Å². The molecule has 0 saturated heterocycles. The summed E-state index contributed by atoms with van der Waals surface area (Å²) < 4.78 is 11.2. The van der Waals surface area contributed by atoms with E-state index in [-0.39, 0.29) is 11.9 Å². The summed E-state index contributed by atoms with van der Waals surface area (Å²) in [6.07, 6.45) is 33.1. The molecule has 0 unspecified atom stereocenters. The molecule has 0 heterocycles. The molecule has 0 aliphatic rings. The van der Waals surface area contributed by atoms with E-state index in [0.717, 1.165) is 62.2 Å². The largest absolute Gasteiger partial charge is 0.466 e. The Kier molecular flexibility index (Phi) is 33.0. The Labute approximate surface area is 288 Å². The van der Waals surface area contributed by atoms with Crippen LogP contribution in [-0.2, 0) is 19.1 Å². The van der Waals surface area contributed by atoms with Gasteiger partial charge in [0.2, 0.25) is 0 Å². The Hall–Kier alpha value is -1.06. The van der Waals surface area contributed by atoms with E-state index in [1.54, 1.807) is 0 Å². The van der Waals surface area contributed by atoms with Crippen LogP contribution in [0.15, 0.2) is 0 Å². The molecule has 0 aromatic rings. The van der Waals surface area contributed by atoms with Crippen LogP contribution in [0, 0.1) is 23.7 Å². The molecule has 0 amide bonds. The highest BCUT2D eigenvalue weighted by molar-refractivity contribution is 5.69. The average molecular weight is 651 g/mol. The van der Waals surface area contributed by atoms with Crippen LogP contribution in [0.25, 0.3) is 0 Å². The summed E-state index contributed by atoms with van der Waals surface area (Å²) in [6, 6.07) is 0. The summed E-state index contributed by atoms with van der Waals surface area (Å²) >= 11 is 0. The van der Waals surface area contributed by atoms with Gasteiger partial charge in [-0.05, 0) is 49.4 Å². The number of carbonyl (C=O) groups is 2. The maximum absolute atomic E-state index is 12.2. The van der Waals surface area contributed by atoms with Crippen molar-refractivity contribution in [2.24, 2.45) is 23.7 Å². The molecule has 0 bridgehead atoms. The molecule has 0 rings (SSSR count). The Morgan fingerprint density at radius 2 is 0.739 bits per heavy atom. The normalized spacial score (nSPS) is 11.8. The molecule has 0 aliphatic carbocycles. The van der Waals surface area contributed by atoms with E-state index in [1.165, 1.54) is 128 Å². The first kappa shape index (κ1) is 44.9. The van der Waals surface area contributed by atoms with E-state index in [4.69, 9.17) is 9.47 Å². The van der Waals surface area contributed by atoms with Gasteiger partial charge in [-0.1, -0.05) is 183 Å². The first-order chi connectivity index (χ1) is 22.4. The van der Waals surface area contributed by atoms with Crippen LogP contribution in [0.5, 0.6) is 0 Å². The van der Waals surface area contributed by atoms with E-state index in [2.05, 4.69) is 41.5 Å². The number of rotatable bonds is 35. The van der Waals surface area contributed by atoms with Crippen molar-refractivity contribution in [3.8, 4) is 0 Å². The molecule has 0 aliphatic heterocycles. The predicted octanol–water partition coefficient (Wildman–Crippen LogP) is 13.6. The third-order valence-electron chi connectivity index (χ3n) is 10.3. The first-order valence-electron chi connectivity index (χ1n) is 20.7. The minimum Gasteiger partial charge on any atom is -0.466 e. The van der Waals surface area contributed by atoms with Gasteiger partial charge in [0.25, 0.3) is 0 Å². The molecule has 0 fully saturated rings. The van der Waals surface area contributed by atoms with Crippen molar-refractivity contribution in [3.63, 3.8) is 0 Å². The van der Waals surface area contributed by atoms with Gasteiger partial charge in [-0.3, -0.25) is 9.59 Å². The van der Waals surface area contributed by atoms with Gasteiger partial charge in [0.15, 0.2) is 0 Å². The van der Waals surface area contributed by atoms with E-state index in [0.29, 0.717) is 26.1 Å². The molecular formula is C42H82O4. The molecule has 274 valence electrons. The van der Waals surface area contributed by atoms with E-state index >= 15 is 0 Å². The van der Waals surface area contributed by atoms with Gasteiger partial charge in [-0.25, -0.2) is 0 Å². The van der Waals surface area contributed by atoms with Crippen LogP contribution in [0.3, 0.4) is 0 Å². The SMILES string of the molecule is CCCCC(CCCC)CCOC(=O)CCCCCCCC(CCCCCCCC(=O)OCCC(CCCC)CCCC)C(C)C. The van der Waals surface area contributed by atoms with E-state index in [9.17, 15) is 9.59 Å². The summed E-state index contributed by atoms with van der Waals surface area (Å²) in [5.41, 5.74) is 0. The van der Waals surface area contributed by atoms with Gasteiger partial charge < -0.3 is 9.47 Å². The van der Waals surface area contributed by atoms with Gasteiger partial charge in [0.05, 0.1) is 13.2 Å². The highest BCUT2D eigenvalue weighted by Gasteiger charge is 2.14. The molecule has 0 spiro atoms. The maximum Gasteiger partial charge on any atom is 0.305 e. The monoisotopic (exact) mass is 651 g/mol. The van der Waals surface area contributed by atoms with Crippen molar-refractivity contribution in [3.05, 3.63) is 0 Å². The zero-order chi connectivity index (χ0) is 34.1. The number of unbranched alkanes of at least 4 members (excludes halogenated alkanes) is 12. The Morgan fingerprint density at radius 1 is 0.413 bits per heavy atom. The van der Waals surface area contributed by atoms with Gasteiger partial charge in [0, 0.05) is 12.8 Å². The van der Waals surface area contributed by atoms with Crippen LogP contribution in [0.2, 0.25) is 0 Å². The fraction of sp³-hybridized carbons (Fsp3) is 0.952. The van der Waals surface area contributed by atoms with Gasteiger partial charge >= 0.3 is 11.9 Å². The standard InChI is InChI=1S/C42H82O4/c1-7-11-25-38(26-12-8-2)33-35-45-41(43)31-23-19-15-17-21-29-40(37(5)6)30-22-18-16-20-24-32-42(44)46-36-34-39(27-13-9-3)28-14-10-4/h37-40H,7-36H2,1-6H3. The minimum absolute atomic E-state index is 0.00793. The Bertz CT molecular complexity index is 592. The highest BCUT2D eigenvalue weighted by Crippen LogP contribution is 2.26. The summed E-state index contributed by atoms with van der Waals surface area (Å²) in [5, 5.41) is 0. The lowest BCUT2D eigenvalue weighted by Crippen LogP contribution is -2.10. The third kappa shape index (κ3) is 29.1. The maximum atomic E-state index is 12.2. The van der Waals surface area contributed by atoms with Crippen LogP contribution in [0.1, 0.15) is 221 Å². The van der Waals surface area contributed by atoms with Crippen molar-refractivity contribution in [1.82, 2.24) is 0 Å². The van der Waals surface area contributed by atoms with Crippen molar-refractivity contribution in [2.75, 3.05) is 13.2 Å². The lowest BCUT2D eigenvalue weighted by atomic mass is 9.85. The Balaban J connectivity index is 3.83. The second-order valence-corrected chi connectivity index (χ2v) is 14.9. The fourth-order valence-corrected chi connectivity index (χ4v) is 6.88. The minimum atomic E-state index is 0.00793. The summed E-state index contributed by atoms with van der Waals surface area (Å²) in [6.45, 7) is 15.0. The molecule has 0 atom stereocenters. The van der Waals surface area contributed by atoms with Crippen molar-refractivity contribution >= 4 is 11.9 Å². The summed E-state index contributed by atoms with van der Waals surface area (Å²) in [4.78, 5) is 24.4. The Morgan fingerprint density at radius 3 is 1.07 bits per heavy atom. The van der Waals surface area contributed by atoms with Crippen LogP contribution in [0.4, 0.5) is 0 Å². The smallest absolute Gasteiger partial charge is 0.305 e. The molecular weight excluding hydrogens is 568 g/mol. The molecule has 0 aromatic carbocycles. The number of carbonyl (C=O) groups excluding carboxylic acids is 2.